The second-order valence-corrected chi connectivity index (χ2v) is 7.46. The highest BCUT2D eigenvalue weighted by Crippen LogP contribution is 2.32. The number of carbonyl (C=O) groups excluding carboxylic acids is 1. The summed E-state index contributed by atoms with van der Waals surface area (Å²) >= 11 is 1.66. The summed E-state index contributed by atoms with van der Waals surface area (Å²) in [5, 5.41) is 12.6. The van der Waals surface area contributed by atoms with Crippen LogP contribution in [-0.2, 0) is 10.2 Å². The largest absolute Gasteiger partial charge is 0.355 e. The predicted octanol–water partition coefficient (Wildman–Crippen LogP) is 1.47. The summed E-state index contributed by atoms with van der Waals surface area (Å²) < 4.78 is 0. The first kappa shape index (κ1) is 14.9. The highest BCUT2D eigenvalue weighted by Gasteiger charge is 2.38. The maximum Gasteiger partial charge on any atom is 0.268 e. The van der Waals surface area contributed by atoms with Crippen LogP contribution in [0.25, 0.3) is 5.70 Å². The number of rotatable bonds is 1. The van der Waals surface area contributed by atoms with E-state index in [4.69, 9.17) is 0 Å². The van der Waals surface area contributed by atoms with Crippen molar-refractivity contribution < 1.29 is 4.79 Å². The number of nitriles is 1. The zero-order chi connectivity index (χ0) is 15.9. The summed E-state index contributed by atoms with van der Waals surface area (Å²) in [6.45, 7) is 6.78. The average Bonchev–Trinajstić information content (AvgIpc) is 2.95. The van der Waals surface area contributed by atoms with Crippen LogP contribution in [-0.4, -0.2) is 38.6 Å². The Bertz CT molecular complexity index is 683. The minimum atomic E-state index is -0.217. The number of fused-ring (bicyclic) bond motifs is 1. The van der Waals surface area contributed by atoms with Crippen molar-refractivity contribution in [3.63, 3.8) is 0 Å². The molecule has 1 unspecified atom stereocenters. The van der Waals surface area contributed by atoms with Gasteiger partial charge in [0.25, 0.3) is 5.91 Å². The van der Waals surface area contributed by atoms with Crippen LogP contribution in [0.3, 0.4) is 0 Å². The van der Waals surface area contributed by atoms with Crippen LogP contribution in [0, 0.1) is 11.3 Å². The summed E-state index contributed by atoms with van der Waals surface area (Å²) in [4.78, 5) is 22.8. The van der Waals surface area contributed by atoms with Gasteiger partial charge in [0.15, 0.2) is 5.50 Å². The number of nitrogens with zero attached hydrogens (tertiary/aromatic N) is 4. The van der Waals surface area contributed by atoms with E-state index < -0.39 is 0 Å². The second-order valence-electron chi connectivity index (χ2n) is 6.27. The molecule has 1 amide bonds. The van der Waals surface area contributed by atoms with Crippen molar-refractivity contribution >= 4 is 23.4 Å². The molecule has 1 saturated heterocycles. The van der Waals surface area contributed by atoms with E-state index in [-0.39, 0.29) is 22.4 Å². The summed E-state index contributed by atoms with van der Waals surface area (Å²) in [5.41, 5.74) is 1.08. The van der Waals surface area contributed by atoms with Gasteiger partial charge in [0.1, 0.15) is 17.5 Å². The molecule has 1 N–H and O–H groups in total. The van der Waals surface area contributed by atoms with Gasteiger partial charge in [-0.05, 0) is 0 Å². The van der Waals surface area contributed by atoms with Gasteiger partial charge in [0.05, 0.1) is 5.70 Å². The van der Waals surface area contributed by atoms with E-state index in [1.165, 1.54) is 0 Å². The van der Waals surface area contributed by atoms with Crippen LogP contribution in [0.4, 0.5) is 0 Å². The molecule has 0 aromatic carbocycles. The molecule has 7 heteroatoms. The van der Waals surface area contributed by atoms with Crippen molar-refractivity contribution in [2.45, 2.75) is 31.7 Å². The molecule has 3 heterocycles. The Morgan fingerprint density at radius 3 is 2.68 bits per heavy atom. The molecule has 1 aromatic rings. The van der Waals surface area contributed by atoms with Crippen molar-refractivity contribution in [1.82, 2.24) is 20.2 Å². The fourth-order valence-electron chi connectivity index (χ4n) is 2.42. The molecule has 0 radical (unpaired) electrons. The molecule has 2 aliphatic heterocycles. The minimum Gasteiger partial charge on any atom is -0.355 e. The number of amides is 1. The number of hydrogen-bond acceptors (Lipinski definition) is 6. The molecule has 0 saturated carbocycles. The lowest BCUT2D eigenvalue weighted by molar-refractivity contribution is -0.127. The molecule has 114 valence electrons. The number of nitrogens with one attached hydrogen (secondary N) is 1. The summed E-state index contributed by atoms with van der Waals surface area (Å²) in [6.07, 6.45) is 3.35. The normalized spacial score (nSPS) is 21.5. The molecule has 0 spiro atoms. The Kier molecular flexibility index (Phi) is 3.57. The van der Waals surface area contributed by atoms with Gasteiger partial charge >= 0.3 is 0 Å². The molecule has 1 aromatic heterocycles. The molecular weight excluding hydrogens is 298 g/mol. The molecular formula is C15H17N5OS. The van der Waals surface area contributed by atoms with Crippen molar-refractivity contribution in [3.05, 3.63) is 29.4 Å². The summed E-state index contributed by atoms with van der Waals surface area (Å²) in [7, 11) is 0. The Labute approximate surface area is 133 Å². The van der Waals surface area contributed by atoms with Gasteiger partial charge in [-0.2, -0.15) is 5.26 Å². The first-order valence-corrected chi connectivity index (χ1v) is 8.13. The van der Waals surface area contributed by atoms with E-state index in [1.54, 1.807) is 29.1 Å². The van der Waals surface area contributed by atoms with E-state index in [0.29, 0.717) is 17.8 Å². The number of aromatic nitrogens is 2. The van der Waals surface area contributed by atoms with E-state index in [0.717, 1.165) is 11.6 Å². The Morgan fingerprint density at radius 1 is 1.41 bits per heavy atom. The Morgan fingerprint density at radius 2 is 2.09 bits per heavy atom. The molecule has 6 nitrogen and oxygen atoms in total. The van der Waals surface area contributed by atoms with Crippen molar-refractivity contribution in [2.24, 2.45) is 0 Å². The van der Waals surface area contributed by atoms with Crippen LogP contribution in [0.5, 0.6) is 0 Å². The Hall–Kier alpha value is -2.07. The first-order chi connectivity index (χ1) is 10.4. The van der Waals surface area contributed by atoms with Crippen LogP contribution in [0.2, 0.25) is 0 Å². The maximum atomic E-state index is 12.4. The topological polar surface area (TPSA) is 81.9 Å². The molecule has 0 aliphatic carbocycles. The van der Waals surface area contributed by atoms with Gasteiger partial charge in [-0.25, -0.2) is 9.97 Å². The number of thioether (sulfide) groups is 1. The van der Waals surface area contributed by atoms with Gasteiger partial charge in [-0.3, -0.25) is 4.79 Å². The molecule has 1 fully saturated rings. The average molecular weight is 315 g/mol. The monoisotopic (exact) mass is 315 g/mol. The fourth-order valence-corrected chi connectivity index (χ4v) is 3.53. The summed E-state index contributed by atoms with van der Waals surface area (Å²) in [5.74, 6) is 1.38. The summed E-state index contributed by atoms with van der Waals surface area (Å²) in [6, 6.07) is 2.02. The van der Waals surface area contributed by atoms with E-state index >= 15 is 0 Å². The van der Waals surface area contributed by atoms with Crippen molar-refractivity contribution in [3.8, 4) is 6.07 Å². The third kappa shape index (κ3) is 2.44. The van der Waals surface area contributed by atoms with Crippen LogP contribution in [0.15, 0.2) is 18.0 Å². The lowest BCUT2D eigenvalue weighted by atomic mass is 9.95. The zero-order valence-corrected chi connectivity index (χ0v) is 13.6. The molecule has 1 atom stereocenters. The zero-order valence-electron chi connectivity index (χ0n) is 12.8. The van der Waals surface area contributed by atoms with Crippen LogP contribution >= 0.6 is 11.8 Å². The van der Waals surface area contributed by atoms with Crippen molar-refractivity contribution in [1.29, 1.82) is 5.26 Å². The SMILES string of the molecule is CC(C)(C)c1ncc(C2=C(C#N)C(=O)N3CCSC3N2)cn1. The van der Waals surface area contributed by atoms with E-state index in [1.807, 2.05) is 26.8 Å². The van der Waals surface area contributed by atoms with E-state index in [9.17, 15) is 10.1 Å². The van der Waals surface area contributed by atoms with Crippen LogP contribution in [0.1, 0.15) is 32.2 Å². The van der Waals surface area contributed by atoms with Gasteiger partial charge < -0.3 is 10.2 Å². The van der Waals surface area contributed by atoms with E-state index in [2.05, 4.69) is 15.3 Å². The van der Waals surface area contributed by atoms with Gasteiger partial charge in [0.2, 0.25) is 0 Å². The third-order valence-electron chi connectivity index (χ3n) is 3.61. The highest BCUT2D eigenvalue weighted by molar-refractivity contribution is 8.00. The van der Waals surface area contributed by atoms with Gasteiger partial charge in [0, 0.05) is 35.7 Å². The van der Waals surface area contributed by atoms with Crippen LogP contribution < -0.4 is 5.32 Å². The smallest absolute Gasteiger partial charge is 0.268 e. The number of carbonyl (C=O) groups is 1. The first-order valence-electron chi connectivity index (χ1n) is 7.08. The number of hydrogen-bond donors (Lipinski definition) is 1. The molecule has 2 aliphatic rings. The molecule has 0 bridgehead atoms. The van der Waals surface area contributed by atoms with Gasteiger partial charge in [-0.1, -0.05) is 20.8 Å². The standard InChI is InChI=1S/C15H17N5OS/c1-15(2,3)13-17-7-9(8-18-13)11-10(6-16)12(21)20-4-5-22-14(20)19-11/h7-8,14,19H,4-5H2,1-3H3. The quantitative estimate of drug-likeness (QED) is 0.845. The second kappa shape index (κ2) is 5.29. The van der Waals surface area contributed by atoms with Crippen molar-refractivity contribution in [2.75, 3.05) is 12.3 Å². The van der Waals surface area contributed by atoms with Gasteiger partial charge in [-0.15, -0.1) is 11.8 Å². The third-order valence-corrected chi connectivity index (χ3v) is 4.71. The molecule has 22 heavy (non-hydrogen) atoms. The Balaban J connectivity index is 2.00. The molecule has 3 rings (SSSR count). The lowest BCUT2D eigenvalue weighted by Gasteiger charge is -2.31. The predicted molar refractivity (Wildman–Crippen MR) is 84.4 cm³/mol. The lowest BCUT2D eigenvalue weighted by Crippen LogP contribution is -2.48. The minimum absolute atomic E-state index is 0.109. The highest BCUT2D eigenvalue weighted by atomic mass is 32.2. The fraction of sp³-hybridized carbons (Fsp3) is 0.467. The maximum absolute atomic E-state index is 12.4.